The Balaban J connectivity index is 1.81. The van der Waals surface area contributed by atoms with Crippen LogP contribution in [0.4, 0.5) is 0 Å². The van der Waals surface area contributed by atoms with Crippen molar-refractivity contribution >= 4 is 17.1 Å². The van der Waals surface area contributed by atoms with E-state index in [2.05, 4.69) is 19.1 Å². The third-order valence-electron chi connectivity index (χ3n) is 2.67. The zero-order valence-corrected chi connectivity index (χ0v) is 10.8. The van der Waals surface area contributed by atoms with Crippen LogP contribution in [0.25, 0.3) is 0 Å². The molecule has 0 N–H and O–H groups in total. The number of hydrogen-bond donors (Lipinski definition) is 0. The smallest absolute Gasteiger partial charge is 0.138 e. The first-order valence-electron chi connectivity index (χ1n) is 5.89. The monoisotopic (exact) mass is 248 g/mol. The van der Waals surface area contributed by atoms with E-state index in [-0.39, 0.29) is 5.78 Å². The van der Waals surface area contributed by atoms with E-state index in [4.69, 9.17) is 4.42 Å². The maximum absolute atomic E-state index is 11.8. The lowest BCUT2D eigenvalue weighted by molar-refractivity contribution is -0.118. The number of Topliss-reactive ketones (excluding diaryl/α,β-unsaturated/α-hetero) is 1. The van der Waals surface area contributed by atoms with Gasteiger partial charge in [-0.2, -0.15) is 0 Å². The van der Waals surface area contributed by atoms with E-state index >= 15 is 0 Å². The van der Waals surface area contributed by atoms with Crippen molar-refractivity contribution in [1.29, 1.82) is 0 Å². The molecule has 2 aromatic heterocycles. The van der Waals surface area contributed by atoms with Crippen molar-refractivity contribution in [3.05, 3.63) is 46.0 Å². The average Bonchev–Trinajstić information content (AvgIpc) is 2.97. The summed E-state index contributed by atoms with van der Waals surface area (Å²) in [7, 11) is 0. The van der Waals surface area contributed by atoms with Crippen molar-refractivity contribution in [2.24, 2.45) is 0 Å². The number of carbonyl (C=O) groups is 1. The molecule has 0 aromatic carbocycles. The molecule has 0 unspecified atom stereocenters. The number of thiophene rings is 1. The highest BCUT2D eigenvalue weighted by molar-refractivity contribution is 7.12. The van der Waals surface area contributed by atoms with Crippen molar-refractivity contribution in [3.8, 4) is 0 Å². The summed E-state index contributed by atoms with van der Waals surface area (Å²) in [5.74, 6) is 1.17. The molecule has 2 aromatic rings. The molecule has 0 fully saturated rings. The Hall–Kier alpha value is -1.35. The normalized spacial score (nSPS) is 10.6. The van der Waals surface area contributed by atoms with Crippen LogP contribution < -0.4 is 0 Å². The minimum Gasteiger partial charge on any atom is -0.469 e. The van der Waals surface area contributed by atoms with Gasteiger partial charge >= 0.3 is 0 Å². The Kier molecular flexibility index (Phi) is 4.15. The Morgan fingerprint density at radius 3 is 2.76 bits per heavy atom. The van der Waals surface area contributed by atoms with Crippen molar-refractivity contribution in [1.82, 2.24) is 0 Å². The van der Waals surface area contributed by atoms with Gasteiger partial charge in [0.15, 0.2) is 0 Å². The van der Waals surface area contributed by atoms with Crippen LogP contribution >= 0.6 is 11.3 Å². The van der Waals surface area contributed by atoms with Crippen LogP contribution in [0.2, 0.25) is 0 Å². The SMILES string of the molecule is CCc1ccc(CC(=O)CCc2ccco2)s1. The van der Waals surface area contributed by atoms with Crippen LogP contribution in [0.1, 0.15) is 28.9 Å². The zero-order chi connectivity index (χ0) is 12.1. The third kappa shape index (κ3) is 3.56. The van der Waals surface area contributed by atoms with Crippen molar-refractivity contribution in [2.75, 3.05) is 0 Å². The van der Waals surface area contributed by atoms with Gasteiger partial charge in [-0.3, -0.25) is 4.79 Å². The van der Waals surface area contributed by atoms with Crippen molar-refractivity contribution in [2.45, 2.75) is 32.6 Å². The number of ketones is 1. The van der Waals surface area contributed by atoms with Gasteiger partial charge in [-0.15, -0.1) is 11.3 Å². The largest absolute Gasteiger partial charge is 0.469 e. The predicted molar refractivity (Wildman–Crippen MR) is 69.4 cm³/mol. The van der Waals surface area contributed by atoms with Crippen LogP contribution in [0, 0.1) is 0 Å². The molecular weight excluding hydrogens is 232 g/mol. The van der Waals surface area contributed by atoms with Gasteiger partial charge in [0.1, 0.15) is 11.5 Å². The second kappa shape index (κ2) is 5.82. The minimum absolute atomic E-state index is 0.283. The number of aryl methyl sites for hydroxylation is 2. The first-order chi connectivity index (χ1) is 8.28. The summed E-state index contributed by atoms with van der Waals surface area (Å²) < 4.78 is 5.21. The van der Waals surface area contributed by atoms with E-state index < -0.39 is 0 Å². The Morgan fingerprint density at radius 2 is 2.12 bits per heavy atom. The van der Waals surface area contributed by atoms with E-state index in [1.807, 2.05) is 12.1 Å². The Labute approximate surface area is 105 Å². The Bertz CT molecular complexity index is 468. The lowest BCUT2D eigenvalue weighted by Crippen LogP contribution is -2.02. The van der Waals surface area contributed by atoms with E-state index in [1.54, 1.807) is 17.6 Å². The summed E-state index contributed by atoms with van der Waals surface area (Å²) >= 11 is 1.74. The zero-order valence-electron chi connectivity index (χ0n) is 9.94. The van der Waals surface area contributed by atoms with Crippen molar-refractivity contribution < 1.29 is 9.21 Å². The Morgan fingerprint density at radius 1 is 1.29 bits per heavy atom. The topological polar surface area (TPSA) is 30.2 Å². The number of rotatable bonds is 6. The molecular formula is C14H16O2S. The molecule has 0 saturated heterocycles. The van der Waals surface area contributed by atoms with Crippen LogP contribution in [-0.2, 0) is 24.1 Å². The highest BCUT2D eigenvalue weighted by Crippen LogP contribution is 2.18. The molecule has 0 aliphatic carbocycles. The van der Waals surface area contributed by atoms with Crippen LogP contribution in [0.5, 0.6) is 0 Å². The molecule has 0 aliphatic rings. The maximum atomic E-state index is 11.8. The van der Waals surface area contributed by atoms with Gasteiger partial charge in [0.25, 0.3) is 0 Å². The van der Waals surface area contributed by atoms with Gasteiger partial charge in [-0.25, -0.2) is 0 Å². The van der Waals surface area contributed by atoms with E-state index in [1.165, 1.54) is 9.75 Å². The molecule has 0 atom stereocenters. The third-order valence-corrected chi connectivity index (χ3v) is 3.90. The predicted octanol–water partition coefficient (Wildman–Crippen LogP) is 3.65. The summed E-state index contributed by atoms with van der Waals surface area (Å²) in [6.45, 7) is 2.13. The first kappa shape index (κ1) is 12.1. The molecule has 90 valence electrons. The average molecular weight is 248 g/mol. The molecule has 0 spiro atoms. The van der Waals surface area contributed by atoms with Crippen LogP contribution in [0.15, 0.2) is 34.9 Å². The molecule has 17 heavy (non-hydrogen) atoms. The van der Waals surface area contributed by atoms with E-state index in [0.717, 1.165) is 12.2 Å². The number of hydrogen-bond acceptors (Lipinski definition) is 3. The van der Waals surface area contributed by atoms with Crippen LogP contribution in [0.3, 0.4) is 0 Å². The summed E-state index contributed by atoms with van der Waals surface area (Å²) in [6, 6.07) is 7.94. The molecule has 0 radical (unpaired) electrons. The van der Waals surface area contributed by atoms with Crippen LogP contribution in [-0.4, -0.2) is 5.78 Å². The van der Waals surface area contributed by atoms with Gasteiger partial charge < -0.3 is 4.42 Å². The quantitative estimate of drug-likeness (QED) is 0.781. The summed E-state index contributed by atoms with van der Waals surface area (Å²) in [6.07, 6.45) is 4.52. The molecule has 0 aliphatic heterocycles. The molecule has 0 bridgehead atoms. The highest BCUT2D eigenvalue weighted by atomic mass is 32.1. The molecule has 0 saturated carbocycles. The van der Waals surface area contributed by atoms with Gasteiger partial charge in [0, 0.05) is 29.0 Å². The van der Waals surface area contributed by atoms with E-state index in [9.17, 15) is 4.79 Å². The van der Waals surface area contributed by atoms with Crippen molar-refractivity contribution in [3.63, 3.8) is 0 Å². The molecule has 0 amide bonds. The second-order valence-corrected chi connectivity index (χ2v) is 5.27. The van der Waals surface area contributed by atoms with Gasteiger partial charge in [-0.05, 0) is 30.7 Å². The highest BCUT2D eigenvalue weighted by Gasteiger charge is 2.07. The lowest BCUT2D eigenvalue weighted by Gasteiger charge is -1.97. The van der Waals surface area contributed by atoms with Gasteiger partial charge in [0.2, 0.25) is 0 Å². The summed E-state index contributed by atoms with van der Waals surface area (Å²) in [5.41, 5.74) is 0. The van der Waals surface area contributed by atoms with Gasteiger partial charge in [-0.1, -0.05) is 6.92 Å². The molecule has 2 heterocycles. The number of carbonyl (C=O) groups excluding carboxylic acids is 1. The second-order valence-electron chi connectivity index (χ2n) is 4.02. The standard InChI is InChI=1S/C14H16O2S/c1-2-13-7-8-14(17-13)10-11(15)5-6-12-4-3-9-16-12/h3-4,7-9H,2,5-6,10H2,1H3. The fraction of sp³-hybridized carbons (Fsp3) is 0.357. The molecule has 2 nitrogen and oxygen atoms in total. The first-order valence-corrected chi connectivity index (χ1v) is 6.71. The molecule has 3 heteroatoms. The molecule has 2 rings (SSSR count). The number of furan rings is 1. The maximum Gasteiger partial charge on any atom is 0.138 e. The summed E-state index contributed by atoms with van der Waals surface area (Å²) in [5, 5.41) is 0. The van der Waals surface area contributed by atoms with Gasteiger partial charge in [0.05, 0.1) is 6.26 Å². The lowest BCUT2D eigenvalue weighted by atomic mass is 10.1. The summed E-state index contributed by atoms with van der Waals surface area (Å²) in [4.78, 5) is 14.3. The minimum atomic E-state index is 0.283. The van der Waals surface area contributed by atoms with E-state index in [0.29, 0.717) is 19.3 Å². The fourth-order valence-electron chi connectivity index (χ4n) is 1.71. The fourth-order valence-corrected chi connectivity index (χ4v) is 2.69.